The van der Waals surface area contributed by atoms with Crippen LogP contribution in [0.2, 0.25) is 0 Å². The number of carbonyl (C=O) groups is 1. The Hall–Kier alpha value is -1.43. The second kappa shape index (κ2) is 4.83. The maximum absolute atomic E-state index is 10.5. The SMILES string of the molecule is CC(C)c1csc2nnc(CCCC(=O)O)n12. The third kappa shape index (κ3) is 2.46. The first kappa shape index (κ1) is 12.0. The van der Waals surface area contributed by atoms with E-state index >= 15 is 0 Å². The van der Waals surface area contributed by atoms with Gasteiger partial charge in [0.1, 0.15) is 5.82 Å². The number of carboxylic acid groups (broad SMARTS) is 1. The van der Waals surface area contributed by atoms with E-state index < -0.39 is 5.97 Å². The van der Waals surface area contributed by atoms with Gasteiger partial charge in [-0.05, 0) is 12.3 Å². The molecule has 0 aliphatic carbocycles. The Morgan fingerprint density at radius 1 is 1.53 bits per heavy atom. The number of carboxylic acids is 1. The Labute approximate surface area is 103 Å². The van der Waals surface area contributed by atoms with Gasteiger partial charge in [0.25, 0.3) is 0 Å². The molecule has 0 aliphatic heterocycles. The molecule has 2 rings (SSSR count). The summed E-state index contributed by atoms with van der Waals surface area (Å²) in [6.07, 6.45) is 1.43. The van der Waals surface area contributed by atoms with Gasteiger partial charge in [-0.15, -0.1) is 21.5 Å². The van der Waals surface area contributed by atoms with Gasteiger partial charge >= 0.3 is 5.97 Å². The van der Waals surface area contributed by atoms with E-state index in [1.165, 1.54) is 5.69 Å². The summed E-state index contributed by atoms with van der Waals surface area (Å²) in [6, 6.07) is 0. The lowest BCUT2D eigenvalue weighted by Crippen LogP contribution is -2.02. The van der Waals surface area contributed by atoms with Crippen LogP contribution >= 0.6 is 11.3 Å². The van der Waals surface area contributed by atoms with Gasteiger partial charge < -0.3 is 5.11 Å². The summed E-state index contributed by atoms with van der Waals surface area (Å²) in [6.45, 7) is 4.26. The molecule has 0 bridgehead atoms. The first-order valence-electron chi connectivity index (χ1n) is 5.62. The van der Waals surface area contributed by atoms with Crippen molar-refractivity contribution in [3.63, 3.8) is 0 Å². The molecule has 0 unspecified atom stereocenters. The fourth-order valence-corrected chi connectivity index (χ4v) is 2.76. The van der Waals surface area contributed by atoms with Crippen molar-refractivity contribution in [1.29, 1.82) is 0 Å². The molecule has 0 radical (unpaired) electrons. The minimum absolute atomic E-state index is 0.177. The molecule has 17 heavy (non-hydrogen) atoms. The molecule has 0 saturated carbocycles. The van der Waals surface area contributed by atoms with Crippen molar-refractivity contribution in [2.24, 2.45) is 0 Å². The highest BCUT2D eigenvalue weighted by atomic mass is 32.1. The molecule has 6 heteroatoms. The Bertz CT molecular complexity index is 530. The number of rotatable bonds is 5. The van der Waals surface area contributed by atoms with Crippen LogP contribution in [0.5, 0.6) is 0 Å². The summed E-state index contributed by atoms with van der Waals surface area (Å²) in [4.78, 5) is 11.4. The first-order chi connectivity index (χ1) is 8.09. The second-order valence-corrected chi connectivity index (χ2v) is 5.13. The van der Waals surface area contributed by atoms with Crippen LogP contribution in [-0.2, 0) is 11.2 Å². The summed E-state index contributed by atoms with van der Waals surface area (Å²) in [5.74, 6) is 0.518. The molecule has 0 fully saturated rings. The average molecular weight is 253 g/mol. The zero-order chi connectivity index (χ0) is 12.4. The lowest BCUT2D eigenvalue weighted by Gasteiger charge is -2.04. The van der Waals surface area contributed by atoms with Crippen molar-refractivity contribution in [2.45, 2.75) is 39.0 Å². The smallest absolute Gasteiger partial charge is 0.303 e. The topological polar surface area (TPSA) is 67.5 Å². The van der Waals surface area contributed by atoms with Gasteiger partial charge in [0.15, 0.2) is 0 Å². The van der Waals surface area contributed by atoms with Crippen molar-refractivity contribution in [3.05, 3.63) is 16.9 Å². The Morgan fingerprint density at radius 2 is 2.29 bits per heavy atom. The maximum atomic E-state index is 10.5. The summed E-state index contributed by atoms with van der Waals surface area (Å²) in [7, 11) is 0. The van der Waals surface area contributed by atoms with E-state index in [-0.39, 0.29) is 6.42 Å². The number of thiazole rings is 1. The largest absolute Gasteiger partial charge is 0.481 e. The van der Waals surface area contributed by atoms with E-state index in [4.69, 9.17) is 5.11 Å². The van der Waals surface area contributed by atoms with Crippen LogP contribution < -0.4 is 0 Å². The van der Waals surface area contributed by atoms with Gasteiger partial charge in [-0.3, -0.25) is 9.20 Å². The van der Waals surface area contributed by atoms with Gasteiger partial charge in [-0.2, -0.15) is 0 Å². The minimum Gasteiger partial charge on any atom is -0.481 e. The number of fused-ring (bicyclic) bond motifs is 1. The molecule has 2 aromatic rings. The highest BCUT2D eigenvalue weighted by Gasteiger charge is 2.14. The fraction of sp³-hybridized carbons (Fsp3) is 0.545. The predicted molar refractivity (Wildman–Crippen MR) is 65.5 cm³/mol. The minimum atomic E-state index is -0.764. The lowest BCUT2D eigenvalue weighted by molar-refractivity contribution is -0.137. The molecule has 2 aromatic heterocycles. The summed E-state index contributed by atoms with van der Waals surface area (Å²) in [5, 5.41) is 18.9. The molecule has 0 atom stereocenters. The molecule has 92 valence electrons. The quantitative estimate of drug-likeness (QED) is 0.888. The van der Waals surface area contributed by atoms with Crippen molar-refractivity contribution in [3.8, 4) is 0 Å². The molecule has 5 nitrogen and oxygen atoms in total. The van der Waals surface area contributed by atoms with Gasteiger partial charge in [-0.25, -0.2) is 0 Å². The third-order valence-electron chi connectivity index (χ3n) is 2.63. The van der Waals surface area contributed by atoms with Gasteiger partial charge in [0.05, 0.1) is 0 Å². The van der Waals surface area contributed by atoms with Gasteiger partial charge in [0.2, 0.25) is 4.96 Å². The van der Waals surface area contributed by atoms with Crippen LogP contribution in [0, 0.1) is 0 Å². The third-order valence-corrected chi connectivity index (χ3v) is 3.46. The van der Waals surface area contributed by atoms with Crippen LogP contribution in [0.1, 0.15) is 44.1 Å². The molecule has 0 saturated heterocycles. The summed E-state index contributed by atoms with van der Waals surface area (Å²) < 4.78 is 2.05. The van der Waals surface area contributed by atoms with Crippen molar-refractivity contribution < 1.29 is 9.90 Å². The number of hydrogen-bond donors (Lipinski definition) is 1. The molecule has 2 heterocycles. The van der Waals surface area contributed by atoms with E-state index in [0.717, 1.165) is 10.8 Å². The predicted octanol–water partition coefficient (Wildman–Crippen LogP) is 2.32. The Balaban J connectivity index is 2.21. The van der Waals surface area contributed by atoms with Crippen LogP contribution in [0.3, 0.4) is 0 Å². The zero-order valence-corrected chi connectivity index (χ0v) is 10.7. The molecular weight excluding hydrogens is 238 g/mol. The highest BCUT2D eigenvalue weighted by molar-refractivity contribution is 7.15. The second-order valence-electron chi connectivity index (χ2n) is 4.30. The van der Waals surface area contributed by atoms with Crippen LogP contribution in [-0.4, -0.2) is 25.7 Å². The van der Waals surface area contributed by atoms with Crippen LogP contribution in [0.15, 0.2) is 5.38 Å². The summed E-state index contributed by atoms with van der Waals surface area (Å²) >= 11 is 1.58. The van der Waals surface area contributed by atoms with E-state index in [9.17, 15) is 4.79 Å². The number of aromatic nitrogens is 3. The monoisotopic (exact) mass is 253 g/mol. The van der Waals surface area contributed by atoms with Gasteiger partial charge in [0, 0.05) is 23.9 Å². The fourth-order valence-electron chi connectivity index (χ4n) is 1.76. The van der Waals surface area contributed by atoms with Crippen LogP contribution in [0.25, 0.3) is 4.96 Å². The molecule has 0 aliphatic rings. The number of aryl methyl sites for hydroxylation is 1. The standard InChI is InChI=1S/C11H15N3O2S/c1-7(2)8-6-17-11-13-12-9(14(8)11)4-3-5-10(15)16/h6-7H,3-5H2,1-2H3,(H,15,16). The van der Waals surface area contributed by atoms with E-state index in [0.29, 0.717) is 18.8 Å². The lowest BCUT2D eigenvalue weighted by atomic mass is 10.1. The first-order valence-corrected chi connectivity index (χ1v) is 6.50. The van der Waals surface area contributed by atoms with Crippen molar-refractivity contribution in [2.75, 3.05) is 0 Å². The van der Waals surface area contributed by atoms with E-state index in [2.05, 4.69) is 33.8 Å². The van der Waals surface area contributed by atoms with Crippen molar-refractivity contribution >= 4 is 22.3 Å². The number of hydrogen-bond acceptors (Lipinski definition) is 4. The van der Waals surface area contributed by atoms with E-state index in [1.807, 2.05) is 0 Å². The summed E-state index contributed by atoms with van der Waals surface area (Å²) in [5.41, 5.74) is 1.19. The number of nitrogens with zero attached hydrogens (tertiary/aromatic N) is 3. The maximum Gasteiger partial charge on any atom is 0.303 e. The van der Waals surface area contributed by atoms with E-state index in [1.54, 1.807) is 11.3 Å². The number of aliphatic carboxylic acids is 1. The Morgan fingerprint density at radius 3 is 2.94 bits per heavy atom. The average Bonchev–Trinajstić information content (AvgIpc) is 2.79. The van der Waals surface area contributed by atoms with Crippen LogP contribution in [0.4, 0.5) is 0 Å². The zero-order valence-electron chi connectivity index (χ0n) is 9.88. The highest BCUT2D eigenvalue weighted by Crippen LogP contribution is 2.23. The molecule has 0 spiro atoms. The molecule has 0 aromatic carbocycles. The Kier molecular flexibility index (Phi) is 3.42. The van der Waals surface area contributed by atoms with Gasteiger partial charge in [-0.1, -0.05) is 13.8 Å². The normalized spacial score (nSPS) is 11.5. The molecule has 0 amide bonds. The molecular formula is C11H15N3O2S. The molecule has 1 N–H and O–H groups in total. The van der Waals surface area contributed by atoms with Crippen molar-refractivity contribution in [1.82, 2.24) is 14.6 Å².